The Kier molecular flexibility index (Phi) is 7.12. The summed E-state index contributed by atoms with van der Waals surface area (Å²) in [6.45, 7) is 0. The molecular formula is C24H13F6NO5S2. The SMILES string of the molecule is O=C(c1ccc(-c2cccc(NS(=O)(=O)c3ccccc3OC(F)(F)F)c2)s1)c1cc(F)c(F)c(O)c1F. The Morgan fingerprint density at radius 1 is 0.921 bits per heavy atom. The molecule has 0 saturated heterocycles. The molecule has 0 bridgehead atoms. The molecule has 0 radical (unpaired) electrons. The molecular weight excluding hydrogens is 560 g/mol. The fourth-order valence-corrected chi connectivity index (χ4v) is 5.47. The summed E-state index contributed by atoms with van der Waals surface area (Å²) in [4.78, 5) is 12.2. The van der Waals surface area contributed by atoms with Crippen LogP contribution in [0.25, 0.3) is 10.4 Å². The predicted octanol–water partition coefficient (Wildman–Crippen LogP) is 6.47. The summed E-state index contributed by atoms with van der Waals surface area (Å²) in [6.07, 6.45) is -5.12. The van der Waals surface area contributed by atoms with Crippen molar-refractivity contribution < 1.29 is 49.4 Å². The van der Waals surface area contributed by atoms with Gasteiger partial charge in [0.15, 0.2) is 17.4 Å². The number of anilines is 1. The van der Waals surface area contributed by atoms with Crippen molar-refractivity contribution >= 4 is 32.8 Å². The maximum absolute atomic E-state index is 14.2. The zero-order valence-electron chi connectivity index (χ0n) is 18.5. The summed E-state index contributed by atoms with van der Waals surface area (Å²) in [6, 6.07) is 12.8. The number of thiophene rings is 1. The van der Waals surface area contributed by atoms with Crippen LogP contribution in [0.3, 0.4) is 0 Å². The highest BCUT2D eigenvalue weighted by molar-refractivity contribution is 7.92. The van der Waals surface area contributed by atoms with Gasteiger partial charge in [-0.2, -0.15) is 4.39 Å². The van der Waals surface area contributed by atoms with Crippen molar-refractivity contribution in [3.8, 4) is 21.9 Å². The highest BCUT2D eigenvalue weighted by Crippen LogP contribution is 2.35. The van der Waals surface area contributed by atoms with Crippen LogP contribution >= 0.6 is 11.3 Å². The van der Waals surface area contributed by atoms with Crippen LogP contribution in [0.2, 0.25) is 0 Å². The van der Waals surface area contributed by atoms with Gasteiger partial charge in [0, 0.05) is 10.6 Å². The fourth-order valence-electron chi connectivity index (χ4n) is 3.33. The lowest BCUT2D eigenvalue weighted by atomic mass is 10.1. The largest absolute Gasteiger partial charge is 0.573 e. The van der Waals surface area contributed by atoms with Crippen LogP contribution in [0.4, 0.5) is 32.0 Å². The molecule has 14 heteroatoms. The van der Waals surface area contributed by atoms with E-state index in [1.807, 2.05) is 0 Å². The van der Waals surface area contributed by atoms with E-state index in [9.17, 15) is 44.7 Å². The topological polar surface area (TPSA) is 92.7 Å². The van der Waals surface area contributed by atoms with Crippen LogP contribution in [0.1, 0.15) is 15.2 Å². The van der Waals surface area contributed by atoms with E-state index in [0.717, 1.165) is 23.5 Å². The number of phenolic OH excluding ortho intramolecular Hbond substituents is 1. The van der Waals surface area contributed by atoms with Crippen molar-refractivity contribution in [2.75, 3.05) is 4.72 Å². The number of halogens is 6. The highest BCUT2D eigenvalue weighted by Gasteiger charge is 2.34. The molecule has 0 fully saturated rings. The second-order valence-corrected chi connectivity index (χ2v) is 10.3. The molecule has 1 aromatic heterocycles. The molecule has 1 heterocycles. The number of ketones is 1. The second kappa shape index (κ2) is 10.0. The monoisotopic (exact) mass is 573 g/mol. The summed E-state index contributed by atoms with van der Waals surface area (Å²) in [5.41, 5.74) is -0.569. The Labute approximate surface area is 214 Å². The van der Waals surface area contributed by atoms with Crippen LogP contribution in [0.15, 0.2) is 71.6 Å². The van der Waals surface area contributed by atoms with E-state index in [1.54, 1.807) is 0 Å². The molecule has 198 valence electrons. The van der Waals surface area contributed by atoms with E-state index in [1.165, 1.54) is 48.5 Å². The Bertz CT molecular complexity index is 1650. The van der Waals surface area contributed by atoms with Crippen LogP contribution in [0.5, 0.6) is 11.5 Å². The Hall–Kier alpha value is -4.04. The van der Waals surface area contributed by atoms with Crippen molar-refractivity contribution in [3.63, 3.8) is 0 Å². The second-order valence-electron chi connectivity index (χ2n) is 7.56. The zero-order valence-corrected chi connectivity index (χ0v) is 20.1. The van der Waals surface area contributed by atoms with Gasteiger partial charge in [-0.25, -0.2) is 17.2 Å². The summed E-state index contributed by atoms with van der Waals surface area (Å²) in [7, 11) is -4.53. The van der Waals surface area contributed by atoms with Crippen LogP contribution in [-0.4, -0.2) is 25.7 Å². The number of aromatic hydroxyl groups is 1. The normalized spacial score (nSPS) is 11.8. The number of alkyl halides is 3. The first-order valence-corrected chi connectivity index (χ1v) is 12.6. The molecule has 0 saturated carbocycles. The van der Waals surface area contributed by atoms with Gasteiger partial charge in [-0.1, -0.05) is 24.3 Å². The van der Waals surface area contributed by atoms with E-state index in [4.69, 9.17) is 0 Å². The molecule has 0 unspecified atom stereocenters. The van der Waals surface area contributed by atoms with Crippen LogP contribution in [0, 0.1) is 17.5 Å². The van der Waals surface area contributed by atoms with E-state index >= 15 is 0 Å². The van der Waals surface area contributed by atoms with Crippen molar-refractivity contribution in [2.24, 2.45) is 0 Å². The highest BCUT2D eigenvalue weighted by atomic mass is 32.2. The minimum absolute atomic E-state index is 0.0397. The Balaban J connectivity index is 1.61. The lowest BCUT2D eigenvalue weighted by Crippen LogP contribution is -2.20. The number of hydrogen-bond acceptors (Lipinski definition) is 6. The number of ether oxygens (including phenoxy) is 1. The quantitative estimate of drug-likeness (QED) is 0.150. The zero-order chi connectivity index (χ0) is 27.8. The van der Waals surface area contributed by atoms with E-state index < -0.39 is 61.6 Å². The standard InChI is InChI=1S/C24H13F6NO5S2/c25-15-11-14(20(26)23(33)21(15)27)22(32)18-9-8-17(37-18)12-4-3-5-13(10-12)31-38(34,35)19-7-2-1-6-16(19)36-24(28,29)30/h1-11,31,33H. The average molecular weight is 573 g/mol. The molecule has 3 aromatic carbocycles. The molecule has 38 heavy (non-hydrogen) atoms. The summed E-state index contributed by atoms with van der Waals surface area (Å²) in [5.74, 6) is -8.68. The van der Waals surface area contributed by atoms with Gasteiger partial charge in [-0.15, -0.1) is 24.5 Å². The lowest BCUT2D eigenvalue weighted by Gasteiger charge is -2.14. The fraction of sp³-hybridized carbons (Fsp3) is 0.0417. The third-order valence-electron chi connectivity index (χ3n) is 4.97. The number of nitrogens with one attached hydrogen (secondary N) is 1. The molecule has 0 spiro atoms. The van der Waals surface area contributed by atoms with Crippen molar-refractivity contribution in [2.45, 2.75) is 11.3 Å². The molecule has 0 aliphatic heterocycles. The minimum Gasteiger partial charge on any atom is -0.503 e. The molecule has 4 aromatic rings. The molecule has 0 aliphatic rings. The predicted molar refractivity (Wildman–Crippen MR) is 125 cm³/mol. The molecule has 0 amide bonds. The van der Waals surface area contributed by atoms with E-state index in [-0.39, 0.29) is 10.6 Å². The third-order valence-corrected chi connectivity index (χ3v) is 7.52. The molecule has 0 aliphatic carbocycles. The third kappa shape index (κ3) is 5.60. The molecule has 2 N–H and O–H groups in total. The number of carbonyl (C=O) groups is 1. The van der Waals surface area contributed by atoms with Crippen molar-refractivity contribution in [1.82, 2.24) is 0 Å². The number of carbonyl (C=O) groups excluding carboxylic acids is 1. The number of phenols is 1. The van der Waals surface area contributed by atoms with Gasteiger partial charge < -0.3 is 9.84 Å². The number of para-hydroxylation sites is 1. The van der Waals surface area contributed by atoms with Gasteiger partial charge in [0.25, 0.3) is 10.0 Å². The van der Waals surface area contributed by atoms with Gasteiger partial charge in [0.2, 0.25) is 11.6 Å². The average Bonchev–Trinajstić information content (AvgIpc) is 3.34. The number of hydrogen-bond donors (Lipinski definition) is 2. The number of rotatable bonds is 7. The van der Waals surface area contributed by atoms with E-state index in [2.05, 4.69) is 9.46 Å². The van der Waals surface area contributed by atoms with Crippen molar-refractivity contribution in [3.05, 3.63) is 94.6 Å². The first kappa shape index (κ1) is 27.0. The van der Waals surface area contributed by atoms with Gasteiger partial charge in [-0.05, 0) is 48.0 Å². The summed E-state index contributed by atoms with van der Waals surface area (Å²) >= 11 is 0.809. The maximum atomic E-state index is 14.2. The number of sulfonamides is 1. The maximum Gasteiger partial charge on any atom is 0.573 e. The van der Waals surface area contributed by atoms with Gasteiger partial charge in [0.1, 0.15) is 10.6 Å². The summed E-state index contributed by atoms with van der Waals surface area (Å²) < 4.78 is 111. The Morgan fingerprint density at radius 2 is 1.63 bits per heavy atom. The summed E-state index contributed by atoms with van der Waals surface area (Å²) in [5, 5.41) is 9.37. The lowest BCUT2D eigenvalue weighted by molar-refractivity contribution is -0.275. The van der Waals surface area contributed by atoms with Crippen LogP contribution < -0.4 is 9.46 Å². The Morgan fingerprint density at radius 3 is 2.34 bits per heavy atom. The van der Waals surface area contributed by atoms with Crippen LogP contribution in [-0.2, 0) is 10.0 Å². The molecule has 6 nitrogen and oxygen atoms in total. The molecule has 4 rings (SSSR count). The van der Waals surface area contributed by atoms with Gasteiger partial charge >= 0.3 is 6.36 Å². The van der Waals surface area contributed by atoms with E-state index in [0.29, 0.717) is 16.5 Å². The molecule has 0 atom stereocenters. The number of benzene rings is 3. The first-order valence-electron chi connectivity index (χ1n) is 10.3. The van der Waals surface area contributed by atoms with Gasteiger partial charge in [0.05, 0.1) is 10.4 Å². The van der Waals surface area contributed by atoms with Crippen molar-refractivity contribution in [1.29, 1.82) is 0 Å². The smallest absolute Gasteiger partial charge is 0.503 e. The minimum atomic E-state index is -5.12. The van der Waals surface area contributed by atoms with Gasteiger partial charge in [-0.3, -0.25) is 9.52 Å². The first-order chi connectivity index (χ1) is 17.8.